The Kier molecular flexibility index (Phi) is 10.4. The van der Waals surface area contributed by atoms with Crippen LogP contribution in [0.1, 0.15) is 104 Å². The molecule has 0 unspecified atom stereocenters. The van der Waals surface area contributed by atoms with Gasteiger partial charge in [0.15, 0.2) is 11.5 Å². The molecular weight excluding hydrogens is 463 g/mol. The van der Waals surface area contributed by atoms with Crippen LogP contribution in [0.4, 0.5) is 0 Å². The van der Waals surface area contributed by atoms with E-state index in [4.69, 9.17) is 0 Å². The molecule has 0 amide bonds. The Hall–Kier alpha value is -0.650. The quantitative estimate of drug-likeness (QED) is 0.112. The van der Waals surface area contributed by atoms with Gasteiger partial charge in [-0.3, -0.25) is 0 Å². The van der Waals surface area contributed by atoms with E-state index in [1.807, 2.05) is 6.07 Å². The fourth-order valence-corrected chi connectivity index (χ4v) is 3.84. The van der Waals surface area contributed by atoms with Gasteiger partial charge in [-0.15, -0.1) is 0 Å². The average Bonchev–Trinajstić information content (AvgIpc) is 2.61. The van der Waals surface area contributed by atoms with Crippen molar-refractivity contribution in [3.8, 4) is 17.2 Å². The molecular formula is C24H41IO3. The predicted molar refractivity (Wildman–Crippen MR) is 128 cm³/mol. The Morgan fingerprint density at radius 1 is 0.714 bits per heavy atom. The van der Waals surface area contributed by atoms with E-state index in [-0.39, 0.29) is 17.2 Å². The minimum Gasteiger partial charge on any atom is -0.504 e. The van der Waals surface area contributed by atoms with Crippen molar-refractivity contribution >= 4 is 22.6 Å². The molecule has 0 aliphatic carbocycles. The Morgan fingerprint density at radius 3 is 1.61 bits per heavy atom. The van der Waals surface area contributed by atoms with Crippen molar-refractivity contribution in [2.45, 2.75) is 109 Å². The lowest BCUT2D eigenvalue weighted by Crippen LogP contribution is -2.08. The summed E-state index contributed by atoms with van der Waals surface area (Å²) in [6.45, 7) is 11.3. The number of phenols is 3. The van der Waals surface area contributed by atoms with Crippen molar-refractivity contribution in [2.24, 2.45) is 5.41 Å². The van der Waals surface area contributed by atoms with Crippen molar-refractivity contribution < 1.29 is 15.3 Å². The summed E-state index contributed by atoms with van der Waals surface area (Å²) >= 11 is 2.48. The first-order valence-electron chi connectivity index (χ1n) is 10.9. The number of halogens is 1. The summed E-state index contributed by atoms with van der Waals surface area (Å²) in [7, 11) is 0. The van der Waals surface area contributed by atoms with Gasteiger partial charge < -0.3 is 15.3 Å². The topological polar surface area (TPSA) is 60.7 Å². The Morgan fingerprint density at radius 2 is 1.18 bits per heavy atom. The van der Waals surface area contributed by atoms with Gasteiger partial charge in [-0.25, -0.2) is 0 Å². The molecule has 1 rings (SSSR count). The van der Waals surface area contributed by atoms with Gasteiger partial charge in [-0.1, -0.05) is 89.3 Å². The highest BCUT2D eigenvalue weighted by Crippen LogP contribution is 2.41. The fourth-order valence-electron chi connectivity index (χ4n) is 3.45. The van der Waals surface area contributed by atoms with Crippen LogP contribution in [0, 0.1) is 5.41 Å². The second-order valence-electron chi connectivity index (χ2n) is 9.60. The minimum absolute atomic E-state index is 0.151. The van der Waals surface area contributed by atoms with Crippen molar-refractivity contribution in [2.75, 3.05) is 0 Å². The van der Waals surface area contributed by atoms with Gasteiger partial charge in [0.05, 0.1) is 0 Å². The highest BCUT2D eigenvalue weighted by Gasteiger charge is 2.17. The second-order valence-corrected chi connectivity index (χ2v) is 12.5. The third kappa shape index (κ3) is 9.23. The highest BCUT2D eigenvalue weighted by molar-refractivity contribution is 14.1. The lowest BCUT2D eigenvalue weighted by molar-refractivity contribution is 0.308. The summed E-state index contributed by atoms with van der Waals surface area (Å²) in [5, 5.41) is 30.5. The van der Waals surface area contributed by atoms with Crippen LogP contribution in [-0.2, 0) is 12.8 Å². The van der Waals surface area contributed by atoms with Crippen molar-refractivity contribution in [3.05, 3.63) is 17.2 Å². The lowest BCUT2D eigenvalue weighted by Gasteiger charge is -2.22. The summed E-state index contributed by atoms with van der Waals surface area (Å²) < 4.78 is 0.330. The van der Waals surface area contributed by atoms with Gasteiger partial charge >= 0.3 is 0 Å². The molecule has 3 N–H and O–H groups in total. The predicted octanol–water partition coefficient (Wildman–Crippen LogP) is 7.66. The van der Waals surface area contributed by atoms with E-state index < -0.39 is 0 Å². The molecule has 1 aromatic rings. The molecule has 0 fully saturated rings. The number of alkyl halides is 1. The Labute approximate surface area is 186 Å². The van der Waals surface area contributed by atoms with Crippen LogP contribution in [-0.4, -0.2) is 18.7 Å². The maximum Gasteiger partial charge on any atom is 0.200 e. The molecule has 0 bridgehead atoms. The molecule has 0 aromatic heterocycles. The molecule has 0 radical (unpaired) electrons. The van der Waals surface area contributed by atoms with Gasteiger partial charge in [0.1, 0.15) is 0 Å². The van der Waals surface area contributed by atoms with E-state index in [9.17, 15) is 15.3 Å². The summed E-state index contributed by atoms with van der Waals surface area (Å²) in [6.07, 6.45) is 11.6. The third-order valence-electron chi connectivity index (χ3n) is 5.88. The molecule has 162 valence electrons. The van der Waals surface area contributed by atoms with E-state index in [0.717, 1.165) is 49.7 Å². The summed E-state index contributed by atoms with van der Waals surface area (Å²) in [4.78, 5) is 0. The van der Waals surface area contributed by atoms with Crippen LogP contribution in [0.15, 0.2) is 6.07 Å². The van der Waals surface area contributed by atoms with Crippen LogP contribution < -0.4 is 0 Å². The SMILES string of the molecule is CCC(C)(C)CCCCCc1cc(CCCCCC(C)(C)I)c(O)c(O)c1O. The number of unbranched alkanes of at least 4 members (excludes halogenated alkanes) is 4. The number of rotatable bonds is 13. The summed E-state index contributed by atoms with van der Waals surface area (Å²) in [5.74, 6) is -0.657. The van der Waals surface area contributed by atoms with Crippen LogP contribution in [0.2, 0.25) is 0 Å². The summed E-state index contributed by atoms with van der Waals surface area (Å²) in [6, 6.07) is 1.89. The van der Waals surface area contributed by atoms with Gasteiger partial charge in [0, 0.05) is 3.42 Å². The minimum atomic E-state index is -0.354. The zero-order valence-electron chi connectivity index (χ0n) is 18.6. The molecule has 0 aliphatic heterocycles. The number of phenolic OH excluding ortho intramolecular Hbond substituents is 3. The molecule has 0 spiro atoms. The van der Waals surface area contributed by atoms with Crippen LogP contribution in [0.25, 0.3) is 0 Å². The third-order valence-corrected chi connectivity index (χ3v) is 6.42. The zero-order chi connectivity index (χ0) is 21.4. The van der Waals surface area contributed by atoms with E-state index in [0.29, 0.717) is 8.84 Å². The van der Waals surface area contributed by atoms with E-state index >= 15 is 0 Å². The average molecular weight is 504 g/mol. The maximum absolute atomic E-state index is 10.2. The molecule has 1 aromatic carbocycles. The molecule has 0 atom stereocenters. The van der Waals surface area contributed by atoms with Crippen molar-refractivity contribution in [3.63, 3.8) is 0 Å². The molecule has 0 aliphatic rings. The van der Waals surface area contributed by atoms with E-state index in [2.05, 4.69) is 57.2 Å². The standard InChI is InChI=1S/C24H41IO3/c1-6-23(2,3)15-11-7-9-13-18-17-19(21(27)22(28)20(18)26)14-10-8-12-16-24(4,5)25/h17,26-28H,6-16H2,1-5H3. The first-order chi connectivity index (χ1) is 13.0. The van der Waals surface area contributed by atoms with Crippen LogP contribution in [0.5, 0.6) is 17.2 Å². The lowest BCUT2D eigenvalue weighted by atomic mass is 9.84. The van der Waals surface area contributed by atoms with Gasteiger partial charge in [0.2, 0.25) is 5.75 Å². The Bertz CT molecular complexity index is 603. The number of hydrogen-bond donors (Lipinski definition) is 3. The Balaban J connectivity index is 2.56. The van der Waals surface area contributed by atoms with Gasteiger partial charge in [-0.05, 0) is 61.1 Å². The van der Waals surface area contributed by atoms with Gasteiger partial charge in [-0.2, -0.15) is 0 Å². The first-order valence-corrected chi connectivity index (χ1v) is 12.0. The second kappa shape index (κ2) is 11.5. The number of aryl methyl sites for hydroxylation is 2. The molecule has 28 heavy (non-hydrogen) atoms. The normalized spacial score (nSPS) is 12.5. The maximum atomic E-state index is 10.2. The first kappa shape index (κ1) is 25.4. The number of benzene rings is 1. The molecule has 3 nitrogen and oxygen atoms in total. The molecule has 0 saturated heterocycles. The molecule has 4 heteroatoms. The number of aromatic hydroxyl groups is 3. The molecule has 0 saturated carbocycles. The zero-order valence-corrected chi connectivity index (χ0v) is 20.7. The van der Waals surface area contributed by atoms with Crippen LogP contribution in [0.3, 0.4) is 0 Å². The fraction of sp³-hybridized carbons (Fsp3) is 0.750. The largest absolute Gasteiger partial charge is 0.504 e. The van der Waals surface area contributed by atoms with Gasteiger partial charge in [0.25, 0.3) is 0 Å². The van der Waals surface area contributed by atoms with E-state index in [1.165, 1.54) is 32.1 Å². The van der Waals surface area contributed by atoms with Crippen molar-refractivity contribution in [1.82, 2.24) is 0 Å². The highest BCUT2D eigenvalue weighted by atomic mass is 127. The summed E-state index contributed by atoms with van der Waals surface area (Å²) in [5.41, 5.74) is 1.91. The van der Waals surface area contributed by atoms with Crippen LogP contribution >= 0.6 is 22.6 Å². The monoisotopic (exact) mass is 504 g/mol. The van der Waals surface area contributed by atoms with Crippen molar-refractivity contribution in [1.29, 1.82) is 0 Å². The number of hydrogen-bond acceptors (Lipinski definition) is 3. The van der Waals surface area contributed by atoms with E-state index in [1.54, 1.807) is 0 Å². The smallest absolute Gasteiger partial charge is 0.200 e. The molecule has 0 heterocycles.